The molecule has 0 radical (unpaired) electrons. The van der Waals surface area contributed by atoms with Crippen LogP contribution in [0, 0.1) is 0 Å². The monoisotopic (exact) mass is 284 g/mol. The van der Waals surface area contributed by atoms with Crippen molar-refractivity contribution in [3.05, 3.63) is 65.2 Å². The van der Waals surface area contributed by atoms with Gasteiger partial charge in [-0.25, -0.2) is 0 Å². The molecule has 0 saturated heterocycles. The van der Waals surface area contributed by atoms with E-state index in [-0.39, 0.29) is 0 Å². The highest BCUT2D eigenvalue weighted by atomic mass is 16.5. The molecular formula is C19H24O2. The van der Waals surface area contributed by atoms with Gasteiger partial charge in [-0.2, -0.15) is 0 Å². The van der Waals surface area contributed by atoms with Crippen molar-refractivity contribution in [3.63, 3.8) is 0 Å². The minimum Gasteiger partial charge on any atom is -0.494 e. The Morgan fingerprint density at radius 1 is 0.905 bits per heavy atom. The number of unbranched alkanes of at least 4 members (excludes halogenated alkanes) is 1. The zero-order valence-electron chi connectivity index (χ0n) is 12.9. The van der Waals surface area contributed by atoms with Gasteiger partial charge in [-0.1, -0.05) is 49.7 Å². The van der Waals surface area contributed by atoms with Crippen LogP contribution in [-0.2, 0) is 6.42 Å². The molecule has 0 heterocycles. The van der Waals surface area contributed by atoms with Crippen molar-refractivity contribution in [2.75, 3.05) is 6.61 Å². The molecule has 1 atom stereocenters. The minimum atomic E-state index is -0.582. The summed E-state index contributed by atoms with van der Waals surface area (Å²) < 4.78 is 5.42. The van der Waals surface area contributed by atoms with Crippen molar-refractivity contribution in [1.29, 1.82) is 0 Å². The van der Waals surface area contributed by atoms with Crippen molar-refractivity contribution in [1.82, 2.24) is 0 Å². The maximum absolute atomic E-state index is 10.4. The van der Waals surface area contributed by atoms with Gasteiger partial charge in [0.25, 0.3) is 0 Å². The molecule has 2 aromatic rings. The van der Waals surface area contributed by atoms with Gasteiger partial charge in [0, 0.05) is 0 Å². The third-order valence-corrected chi connectivity index (χ3v) is 3.62. The average Bonchev–Trinajstić information content (AvgIpc) is 2.54. The molecule has 2 rings (SSSR count). The second kappa shape index (κ2) is 7.84. The summed E-state index contributed by atoms with van der Waals surface area (Å²) in [4.78, 5) is 0. The lowest BCUT2D eigenvalue weighted by atomic mass is 9.99. The molecule has 0 bridgehead atoms. The van der Waals surface area contributed by atoms with Gasteiger partial charge >= 0.3 is 0 Å². The van der Waals surface area contributed by atoms with Gasteiger partial charge in [0.15, 0.2) is 0 Å². The fourth-order valence-corrected chi connectivity index (χ4v) is 2.35. The summed E-state index contributed by atoms with van der Waals surface area (Å²) in [5.41, 5.74) is 3.15. The van der Waals surface area contributed by atoms with Crippen molar-refractivity contribution in [2.45, 2.75) is 39.2 Å². The van der Waals surface area contributed by atoms with E-state index in [1.807, 2.05) is 43.3 Å². The maximum Gasteiger partial charge on any atom is 0.119 e. The van der Waals surface area contributed by atoms with E-state index in [1.54, 1.807) is 0 Å². The highest BCUT2D eigenvalue weighted by Gasteiger charge is 2.10. The van der Waals surface area contributed by atoms with E-state index in [4.69, 9.17) is 4.74 Å². The lowest BCUT2D eigenvalue weighted by Gasteiger charge is -2.13. The van der Waals surface area contributed by atoms with Crippen molar-refractivity contribution < 1.29 is 9.84 Å². The van der Waals surface area contributed by atoms with Gasteiger partial charge in [-0.15, -0.1) is 0 Å². The standard InChI is InChI=1S/C19H24O2/c1-3-5-6-15-7-9-16(10-8-15)19(20)17-11-13-18(14-12-17)21-4-2/h7-14,19-20H,3-6H2,1-2H3. The molecule has 0 aliphatic heterocycles. The van der Waals surface area contributed by atoms with Crippen LogP contribution in [0.15, 0.2) is 48.5 Å². The summed E-state index contributed by atoms with van der Waals surface area (Å²) in [5.74, 6) is 0.836. The largest absolute Gasteiger partial charge is 0.494 e. The number of benzene rings is 2. The summed E-state index contributed by atoms with van der Waals surface area (Å²) in [7, 11) is 0. The fraction of sp³-hybridized carbons (Fsp3) is 0.368. The first-order chi connectivity index (χ1) is 10.2. The Morgan fingerprint density at radius 3 is 2.00 bits per heavy atom. The average molecular weight is 284 g/mol. The van der Waals surface area contributed by atoms with Crippen LogP contribution < -0.4 is 4.74 Å². The van der Waals surface area contributed by atoms with Crippen LogP contribution in [0.2, 0.25) is 0 Å². The zero-order chi connectivity index (χ0) is 15.1. The van der Waals surface area contributed by atoms with Gasteiger partial charge in [-0.05, 0) is 48.6 Å². The van der Waals surface area contributed by atoms with E-state index in [1.165, 1.54) is 18.4 Å². The SMILES string of the molecule is CCCCc1ccc(C(O)c2ccc(OCC)cc2)cc1. The number of hydrogen-bond acceptors (Lipinski definition) is 2. The zero-order valence-corrected chi connectivity index (χ0v) is 12.9. The van der Waals surface area contributed by atoms with Gasteiger partial charge in [0.05, 0.1) is 6.61 Å². The molecule has 0 amide bonds. The topological polar surface area (TPSA) is 29.5 Å². The van der Waals surface area contributed by atoms with Crippen LogP contribution in [-0.4, -0.2) is 11.7 Å². The summed E-state index contributed by atoms with van der Waals surface area (Å²) in [6.45, 7) is 4.81. The predicted molar refractivity (Wildman–Crippen MR) is 86.7 cm³/mol. The molecule has 2 heteroatoms. The summed E-state index contributed by atoms with van der Waals surface area (Å²) in [6, 6.07) is 15.9. The second-order valence-electron chi connectivity index (χ2n) is 5.25. The van der Waals surface area contributed by atoms with Gasteiger partial charge in [-0.3, -0.25) is 0 Å². The lowest BCUT2D eigenvalue weighted by Crippen LogP contribution is -2.00. The molecule has 1 N–H and O–H groups in total. The number of aryl methyl sites for hydroxylation is 1. The molecule has 2 nitrogen and oxygen atoms in total. The van der Waals surface area contributed by atoms with E-state index in [0.717, 1.165) is 23.3 Å². The lowest BCUT2D eigenvalue weighted by molar-refractivity contribution is 0.220. The van der Waals surface area contributed by atoms with Crippen LogP contribution in [0.3, 0.4) is 0 Å². The van der Waals surface area contributed by atoms with Crippen molar-refractivity contribution in [2.24, 2.45) is 0 Å². The first-order valence-electron chi connectivity index (χ1n) is 7.74. The molecule has 2 aromatic carbocycles. The molecule has 0 spiro atoms. The quantitative estimate of drug-likeness (QED) is 0.810. The normalized spacial score (nSPS) is 12.1. The van der Waals surface area contributed by atoms with Crippen molar-refractivity contribution in [3.8, 4) is 5.75 Å². The van der Waals surface area contributed by atoms with Gasteiger partial charge in [0.1, 0.15) is 11.9 Å². The molecule has 0 aromatic heterocycles. The Bertz CT molecular complexity index is 528. The van der Waals surface area contributed by atoms with Crippen LogP contribution in [0.5, 0.6) is 5.75 Å². The van der Waals surface area contributed by atoms with Crippen LogP contribution >= 0.6 is 0 Å². The third kappa shape index (κ3) is 4.33. The molecule has 112 valence electrons. The van der Waals surface area contributed by atoms with Crippen LogP contribution in [0.1, 0.15) is 49.5 Å². The first kappa shape index (κ1) is 15.6. The molecule has 0 fully saturated rings. The molecule has 0 aliphatic carbocycles. The highest BCUT2D eigenvalue weighted by molar-refractivity contribution is 5.35. The van der Waals surface area contributed by atoms with Gasteiger partial charge in [0.2, 0.25) is 0 Å². The van der Waals surface area contributed by atoms with E-state index in [9.17, 15) is 5.11 Å². The first-order valence-corrected chi connectivity index (χ1v) is 7.74. The number of aliphatic hydroxyl groups is 1. The summed E-state index contributed by atoms with van der Waals surface area (Å²) >= 11 is 0. The Morgan fingerprint density at radius 2 is 1.48 bits per heavy atom. The van der Waals surface area contributed by atoms with E-state index >= 15 is 0 Å². The number of aliphatic hydroxyl groups excluding tert-OH is 1. The number of hydrogen-bond donors (Lipinski definition) is 1. The smallest absolute Gasteiger partial charge is 0.119 e. The second-order valence-corrected chi connectivity index (χ2v) is 5.25. The third-order valence-electron chi connectivity index (χ3n) is 3.62. The molecular weight excluding hydrogens is 260 g/mol. The highest BCUT2D eigenvalue weighted by Crippen LogP contribution is 2.24. The summed E-state index contributed by atoms with van der Waals surface area (Å²) in [5, 5.41) is 10.4. The Balaban J connectivity index is 2.06. The predicted octanol–water partition coefficient (Wildman–Crippen LogP) is 4.51. The van der Waals surface area contributed by atoms with Crippen LogP contribution in [0.25, 0.3) is 0 Å². The van der Waals surface area contributed by atoms with Gasteiger partial charge < -0.3 is 9.84 Å². The maximum atomic E-state index is 10.4. The fourth-order valence-electron chi connectivity index (χ4n) is 2.35. The number of rotatable bonds is 7. The van der Waals surface area contributed by atoms with Crippen molar-refractivity contribution >= 4 is 0 Å². The van der Waals surface area contributed by atoms with E-state index < -0.39 is 6.10 Å². The van der Waals surface area contributed by atoms with Crippen LogP contribution in [0.4, 0.5) is 0 Å². The van der Waals surface area contributed by atoms with E-state index in [0.29, 0.717) is 6.61 Å². The summed E-state index contributed by atoms with van der Waals surface area (Å²) in [6.07, 6.45) is 2.94. The molecule has 0 aliphatic rings. The molecule has 1 unspecified atom stereocenters. The van der Waals surface area contributed by atoms with E-state index in [2.05, 4.69) is 19.1 Å². The minimum absolute atomic E-state index is 0.582. The molecule has 0 saturated carbocycles. The Labute approximate surface area is 127 Å². The Kier molecular flexibility index (Phi) is 5.82. The molecule has 21 heavy (non-hydrogen) atoms. The Hall–Kier alpha value is -1.80. The number of ether oxygens (including phenoxy) is 1.